The van der Waals surface area contributed by atoms with Gasteiger partial charge in [0.25, 0.3) is 0 Å². The molecule has 0 bridgehead atoms. The summed E-state index contributed by atoms with van der Waals surface area (Å²) >= 11 is 0. The molecule has 0 aliphatic carbocycles. The van der Waals surface area contributed by atoms with Gasteiger partial charge >= 0.3 is 17.1 Å². The van der Waals surface area contributed by atoms with Gasteiger partial charge < -0.3 is 4.74 Å². The molecule has 1 aromatic carbocycles. The zero-order valence-corrected chi connectivity index (χ0v) is 5.96. The summed E-state index contributed by atoms with van der Waals surface area (Å²) in [6.07, 6.45) is 0. The third-order valence-electron chi connectivity index (χ3n) is 0.900. The maximum atomic E-state index is 4.86. The van der Waals surface area contributed by atoms with E-state index in [4.69, 9.17) is 4.74 Å². The summed E-state index contributed by atoms with van der Waals surface area (Å²) in [5.41, 5.74) is 0. The topological polar surface area (TPSA) is 9.23 Å². The van der Waals surface area contributed by atoms with E-state index in [2.05, 4.69) is 6.07 Å². The van der Waals surface area contributed by atoms with Crippen LogP contribution in [-0.4, -0.2) is 7.11 Å². The number of hydrogen-bond donors (Lipinski definition) is 0. The average molecular weight is 171 g/mol. The number of methoxy groups -OCH3 is 1. The Morgan fingerprint density at radius 3 is 2.56 bits per heavy atom. The van der Waals surface area contributed by atoms with Crippen LogP contribution in [0, 0.1) is 6.07 Å². The van der Waals surface area contributed by atoms with Gasteiger partial charge in [0.15, 0.2) is 0 Å². The summed E-state index contributed by atoms with van der Waals surface area (Å²) in [5.74, 6) is 0.785. The minimum absolute atomic E-state index is 0. The van der Waals surface area contributed by atoms with Crippen LogP contribution in [0.15, 0.2) is 24.3 Å². The van der Waals surface area contributed by atoms with Crippen LogP contribution in [0.25, 0.3) is 0 Å². The van der Waals surface area contributed by atoms with Crippen molar-refractivity contribution in [2.75, 3.05) is 7.11 Å². The molecule has 0 aliphatic heterocycles. The second-order valence-electron chi connectivity index (χ2n) is 1.43. The first kappa shape index (κ1) is 8.54. The van der Waals surface area contributed by atoms with Gasteiger partial charge in [-0.2, -0.15) is 18.2 Å². The Kier molecular flexibility index (Phi) is 4.20. The van der Waals surface area contributed by atoms with Crippen molar-refractivity contribution in [3.63, 3.8) is 0 Å². The van der Waals surface area contributed by atoms with E-state index in [1.807, 2.05) is 24.3 Å². The first-order valence-corrected chi connectivity index (χ1v) is 2.44. The average Bonchev–Trinajstić information content (AvgIpc) is 1.90. The van der Waals surface area contributed by atoms with Gasteiger partial charge in [0.05, 0.1) is 7.11 Å². The predicted molar refractivity (Wildman–Crippen MR) is 31.8 cm³/mol. The molecule has 0 unspecified atom stereocenters. The van der Waals surface area contributed by atoms with Gasteiger partial charge in [-0.25, -0.2) is 0 Å². The van der Waals surface area contributed by atoms with Gasteiger partial charge in [-0.1, -0.05) is 0 Å². The number of para-hydroxylation sites is 1. The Bertz CT molecular complexity index is 150. The van der Waals surface area contributed by atoms with Crippen molar-refractivity contribution in [3.8, 4) is 5.75 Å². The van der Waals surface area contributed by atoms with Crippen LogP contribution in [0.5, 0.6) is 5.75 Å². The van der Waals surface area contributed by atoms with E-state index in [9.17, 15) is 0 Å². The minimum atomic E-state index is 0. The van der Waals surface area contributed by atoms with Crippen LogP contribution in [0.2, 0.25) is 0 Å². The van der Waals surface area contributed by atoms with Crippen molar-refractivity contribution in [2.45, 2.75) is 0 Å². The maximum Gasteiger partial charge on any atom is 1.00 e. The molecule has 0 N–H and O–H groups in total. The first-order valence-electron chi connectivity index (χ1n) is 2.44. The van der Waals surface area contributed by atoms with Crippen molar-refractivity contribution in [2.24, 2.45) is 0 Å². The molecule has 0 spiro atoms. The molecule has 0 atom stereocenters. The maximum absolute atomic E-state index is 4.86. The quantitative estimate of drug-likeness (QED) is 0.459. The zero-order valence-electron chi connectivity index (χ0n) is 5.02. The van der Waals surface area contributed by atoms with Crippen LogP contribution in [0.1, 0.15) is 0 Å². The fourth-order valence-corrected chi connectivity index (χ4v) is 0.504. The van der Waals surface area contributed by atoms with Crippen LogP contribution in [-0.2, 0) is 17.1 Å². The molecule has 0 aromatic heterocycles. The second kappa shape index (κ2) is 4.42. The second-order valence-corrected chi connectivity index (χ2v) is 1.43. The largest absolute Gasteiger partial charge is 1.00 e. The fraction of sp³-hybridized carbons (Fsp3) is 0.143. The summed E-state index contributed by atoms with van der Waals surface area (Å²) in [6, 6.07) is 10.4. The molecule has 1 rings (SSSR count). The minimum Gasteiger partial charge on any atom is -0.523 e. The molecule has 1 aromatic rings. The van der Waals surface area contributed by atoms with Gasteiger partial charge in [-0.05, 0) is 0 Å². The summed E-state index contributed by atoms with van der Waals surface area (Å²) in [5, 5.41) is 0. The third-order valence-corrected chi connectivity index (χ3v) is 0.900. The van der Waals surface area contributed by atoms with Gasteiger partial charge in [0.1, 0.15) is 0 Å². The molecule has 0 saturated heterocycles. The van der Waals surface area contributed by atoms with E-state index in [1.54, 1.807) is 7.11 Å². The molecule has 1 nitrogen and oxygen atoms in total. The van der Waals surface area contributed by atoms with Crippen molar-refractivity contribution in [1.29, 1.82) is 0 Å². The van der Waals surface area contributed by atoms with Crippen molar-refractivity contribution < 1.29 is 21.8 Å². The van der Waals surface area contributed by atoms with E-state index in [1.165, 1.54) is 0 Å². The van der Waals surface area contributed by atoms with Gasteiger partial charge in [-0.3, -0.25) is 0 Å². The van der Waals surface area contributed by atoms with Crippen LogP contribution < -0.4 is 4.74 Å². The van der Waals surface area contributed by atoms with E-state index >= 15 is 0 Å². The summed E-state index contributed by atoms with van der Waals surface area (Å²) in [4.78, 5) is 0. The van der Waals surface area contributed by atoms with Gasteiger partial charge in [-0.15, -0.1) is 12.1 Å². The molecule has 0 fully saturated rings. The number of rotatable bonds is 1. The molecule has 0 heterocycles. The van der Waals surface area contributed by atoms with E-state index in [0.29, 0.717) is 0 Å². The van der Waals surface area contributed by atoms with Crippen molar-refractivity contribution in [3.05, 3.63) is 30.3 Å². The number of benzene rings is 1. The Morgan fingerprint density at radius 2 is 2.22 bits per heavy atom. The van der Waals surface area contributed by atoms with Crippen LogP contribution >= 0.6 is 0 Å². The molecular weight excluding hydrogens is 164 g/mol. The van der Waals surface area contributed by atoms with Crippen LogP contribution in [0.4, 0.5) is 0 Å². The predicted octanol–water partition coefficient (Wildman–Crippen LogP) is 1.49. The summed E-state index contributed by atoms with van der Waals surface area (Å²) < 4.78 is 4.86. The van der Waals surface area contributed by atoms with Crippen molar-refractivity contribution >= 4 is 0 Å². The molecule has 9 heavy (non-hydrogen) atoms. The number of hydrogen-bond acceptors (Lipinski definition) is 1. The molecule has 52 valence electrons. The molecular formula is C7H7CuO. The van der Waals surface area contributed by atoms with Crippen LogP contribution in [0.3, 0.4) is 0 Å². The van der Waals surface area contributed by atoms with Gasteiger partial charge in [0, 0.05) is 5.75 Å². The number of ether oxygens (including phenoxy) is 1. The molecule has 0 aliphatic rings. The molecule has 0 saturated carbocycles. The normalized spacial score (nSPS) is 7.67. The Balaban J connectivity index is 0.000000640. The van der Waals surface area contributed by atoms with E-state index in [0.717, 1.165) is 5.75 Å². The molecule has 0 radical (unpaired) electrons. The Morgan fingerprint density at radius 1 is 1.44 bits per heavy atom. The first-order chi connectivity index (χ1) is 3.93. The Labute approximate surface area is 65.5 Å². The zero-order chi connectivity index (χ0) is 5.82. The summed E-state index contributed by atoms with van der Waals surface area (Å²) in [6.45, 7) is 0. The molecule has 2 heteroatoms. The monoisotopic (exact) mass is 170 g/mol. The standard InChI is InChI=1S/C7H7O.Cu/c1-8-7-5-3-2-4-6-7;/h2-5H,1H3;/q-1;+1. The summed E-state index contributed by atoms with van der Waals surface area (Å²) in [7, 11) is 1.63. The van der Waals surface area contributed by atoms with Crippen molar-refractivity contribution in [1.82, 2.24) is 0 Å². The molecule has 0 amide bonds. The van der Waals surface area contributed by atoms with E-state index < -0.39 is 0 Å². The fourth-order valence-electron chi connectivity index (χ4n) is 0.504. The smallest absolute Gasteiger partial charge is 0.523 e. The Hall–Kier alpha value is -0.461. The SMILES string of the molecule is COc1[c-]cccc1.[Cu+]. The third kappa shape index (κ3) is 2.54. The van der Waals surface area contributed by atoms with Gasteiger partial charge in [0.2, 0.25) is 0 Å². The van der Waals surface area contributed by atoms with E-state index in [-0.39, 0.29) is 17.1 Å².